The fourth-order valence-corrected chi connectivity index (χ4v) is 6.31. The van der Waals surface area contributed by atoms with Gasteiger partial charge in [-0.25, -0.2) is 4.68 Å². The minimum absolute atomic E-state index is 0.123. The summed E-state index contributed by atoms with van der Waals surface area (Å²) in [5.74, 6) is -0.420. The first-order chi connectivity index (χ1) is 16.6. The van der Waals surface area contributed by atoms with Gasteiger partial charge < -0.3 is 9.64 Å². The average molecular weight is 520 g/mol. The number of hydrogen-bond donors (Lipinski definition) is 2. The van der Waals surface area contributed by atoms with Crippen LogP contribution in [0.5, 0.6) is 0 Å². The highest BCUT2D eigenvalue weighted by Crippen LogP contribution is 2.59. The fourth-order valence-electron chi connectivity index (χ4n) is 4.32. The maximum absolute atomic E-state index is 13.5. The zero-order valence-electron chi connectivity index (χ0n) is 19.0. The molecule has 2 aliphatic rings. The van der Waals surface area contributed by atoms with Crippen LogP contribution in [0.3, 0.4) is 0 Å². The molecule has 1 aromatic heterocycles. The summed E-state index contributed by atoms with van der Waals surface area (Å²) in [5, 5.41) is 4.67. The number of rotatable bonds is 5. The van der Waals surface area contributed by atoms with E-state index in [1.165, 1.54) is 0 Å². The monoisotopic (exact) mass is 519 g/mol. The summed E-state index contributed by atoms with van der Waals surface area (Å²) in [7, 11) is -6.80. The number of morpholine rings is 1. The van der Waals surface area contributed by atoms with Gasteiger partial charge in [0.25, 0.3) is 16.0 Å². The van der Waals surface area contributed by atoms with Crippen molar-refractivity contribution in [2.24, 2.45) is 0 Å². The summed E-state index contributed by atoms with van der Waals surface area (Å²) in [6.07, 6.45) is 0.986. The molecule has 5 rings (SSSR count). The van der Waals surface area contributed by atoms with Gasteiger partial charge in [0.2, 0.25) is 0 Å². The second kappa shape index (κ2) is 9.04. The van der Waals surface area contributed by atoms with Crippen molar-refractivity contribution in [3.63, 3.8) is 0 Å². The van der Waals surface area contributed by atoms with E-state index in [9.17, 15) is 22.3 Å². The number of carbonyl (C=O) groups is 1. The van der Waals surface area contributed by atoms with Crippen molar-refractivity contribution in [2.45, 2.75) is 17.3 Å². The Hall–Kier alpha value is -2.74. The third-order valence-electron chi connectivity index (χ3n) is 5.92. The molecule has 12 heteroatoms. The van der Waals surface area contributed by atoms with E-state index >= 15 is 0 Å². The van der Waals surface area contributed by atoms with E-state index in [0.29, 0.717) is 59.3 Å². The molecule has 0 saturated carbocycles. The molecular formula is C23H25N3O7S2. The van der Waals surface area contributed by atoms with Gasteiger partial charge in [-0.3, -0.25) is 18.1 Å². The van der Waals surface area contributed by atoms with Crippen LogP contribution in [0.1, 0.15) is 21.6 Å². The largest absolute Gasteiger partial charge is 0.378 e. The quantitative estimate of drug-likeness (QED) is 0.492. The van der Waals surface area contributed by atoms with Gasteiger partial charge in [0, 0.05) is 24.2 Å². The molecule has 0 spiro atoms. The Morgan fingerprint density at radius 3 is 2.63 bits per heavy atom. The van der Waals surface area contributed by atoms with E-state index in [-0.39, 0.29) is 24.0 Å². The molecule has 2 aromatic carbocycles. The smallest absolute Gasteiger partial charge is 0.274 e. The van der Waals surface area contributed by atoms with E-state index in [2.05, 4.69) is 5.10 Å². The predicted octanol–water partition coefficient (Wildman–Crippen LogP) is 3.11. The second-order valence-corrected chi connectivity index (χ2v) is 12.1. The van der Waals surface area contributed by atoms with Gasteiger partial charge in [-0.2, -0.15) is 24.1 Å². The summed E-state index contributed by atoms with van der Waals surface area (Å²) in [6, 6.07) is 14.0. The molecule has 0 aliphatic carbocycles. The highest BCUT2D eigenvalue weighted by atomic mass is 32.3. The average Bonchev–Trinajstić information content (AvgIpc) is 3.21. The van der Waals surface area contributed by atoms with Crippen LogP contribution in [-0.4, -0.2) is 70.7 Å². The first-order valence-electron chi connectivity index (χ1n) is 10.9. The van der Waals surface area contributed by atoms with Crippen molar-refractivity contribution >= 4 is 26.6 Å². The molecule has 1 amide bonds. The van der Waals surface area contributed by atoms with Crippen LogP contribution < -0.4 is 0 Å². The standard InChI is InChI=1S/C23H25N3O7S2/c1-34(28,29)33-14-16-5-4-6-17(13-16)26-22-18-7-2-3-8-20(18)35(30,31)15-19(22)21(24-26)23(27)25-9-11-32-12-10-25/h2-8,13,30-31H,9-12,14-15H2,1H3. The number of ether oxygens (including phenoxy) is 1. The van der Waals surface area contributed by atoms with Crippen LogP contribution in [0.4, 0.5) is 0 Å². The summed E-state index contributed by atoms with van der Waals surface area (Å²) in [6.45, 7) is 1.55. The topological polar surface area (TPSA) is 131 Å². The molecule has 186 valence electrons. The number of benzene rings is 2. The first kappa shape index (κ1) is 24.0. The third-order valence-corrected chi connectivity index (χ3v) is 8.22. The van der Waals surface area contributed by atoms with Gasteiger partial charge >= 0.3 is 0 Å². The van der Waals surface area contributed by atoms with Gasteiger partial charge in [0.05, 0.1) is 48.1 Å². The molecular weight excluding hydrogens is 494 g/mol. The highest BCUT2D eigenvalue weighted by Gasteiger charge is 2.37. The van der Waals surface area contributed by atoms with Crippen molar-refractivity contribution in [3.8, 4) is 16.9 Å². The molecule has 1 fully saturated rings. The molecule has 0 unspecified atom stereocenters. The normalized spacial score (nSPS) is 18.0. The Bertz CT molecular complexity index is 1400. The Morgan fingerprint density at radius 2 is 1.89 bits per heavy atom. The van der Waals surface area contributed by atoms with E-state index in [4.69, 9.17) is 8.92 Å². The van der Waals surface area contributed by atoms with Crippen LogP contribution in [0.25, 0.3) is 16.9 Å². The molecule has 2 N–H and O–H groups in total. The summed E-state index contributed by atoms with van der Waals surface area (Å²) in [5.41, 5.74) is 3.01. The first-order valence-corrected chi connectivity index (χ1v) is 14.5. The van der Waals surface area contributed by atoms with Gasteiger partial charge in [0.1, 0.15) is 0 Å². The molecule has 10 nitrogen and oxygen atoms in total. The van der Waals surface area contributed by atoms with Crippen LogP contribution in [0.2, 0.25) is 0 Å². The molecule has 0 bridgehead atoms. The Balaban J connectivity index is 1.66. The molecule has 1 saturated heterocycles. The Labute approximate surface area is 204 Å². The lowest BCUT2D eigenvalue weighted by molar-refractivity contribution is 0.0298. The number of fused-ring (bicyclic) bond motifs is 3. The number of aromatic nitrogens is 2. The van der Waals surface area contributed by atoms with Crippen molar-refractivity contribution in [3.05, 3.63) is 65.4 Å². The van der Waals surface area contributed by atoms with Gasteiger partial charge in [-0.1, -0.05) is 30.3 Å². The predicted molar refractivity (Wildman–Crippen MR) is 130 cm³/mol. The van der Waals surface area contributed by atoms with Crippen LogP contribution in [0, 0.1) is 0 Å². The lowest BCUT2D eigenvalue weighted by Crippen LogP contribution is -2.41. The van der Waals surface area contributed by atoms with Crippen molar-refractivity contribution in [1.82, 2.24) is 14.7 Å². The molecule has 3 aromatic rings. The number of amides is 1. The number of carbonyl (C=O) groups excluding carboxylic acids is 1. The van der Waals surface area contributed by atoms with Crippen molar-refractivity contribution in [2.75, 3.05) is 32.6 Å². The highest BCUT2D eigenvalue weighted by molar-refractivity contribution is 8.23. The molecule has 2 aliphatic heterocycles. The molecule has 0 radical (unpaired) electrons. The summed E-state index contributed by atoms with van der Waals surface area (Å²) in [4.78, 5) is 15.5. The zero-order valence-corrected chi connectivity index (χ0v) is 20.6. The van der Waals surface area contributed by atoms with Crippen LogP contribution in [0.15, 0.2) is 53.4 Å². The molecule has 0 atom stereocenters. The van der Waals surface area contributed by atoms with Crippen LogP contribution in [-0.2, 0) is 31.4 Å². The van der Waals surface area contributed by atoms with Gasteiger partial charge in [-0.15, -0.1) is 0 Å². The second-order valence-electron chi connectivity index (χ2n) is 8.44. The summed E-state index contributed by atoms with van der Waals surface area (Å²) >= 11 is 0. The lowest BCUT2D eigenvalue weighted by Gasteiger charge is -2.38. The number of nitrogens with zero attached hydrogens (tertiary/aromatic N) is 3. The minimum atomic E-state index is -3.62. The number of hydrogen-bond acceptors (Lipinski definition) is 8. The van der Waals surface area contributed by atoms with Crippen LogP contribution >= 0.6 is 10.6 Å². The Morgan fingerprint density at radius 1 is 1.14 bits per heavy atom. The molecule has 35 heavy (non-hydrogen) atoms. The van der Waals surface area contributed by atoms with E-state index < -0.39 is 20.7 Å². The Kier molecular flexibility index (Phi) is 6.20. The zero-order chi connectivity index (χ0) is 24.8. The molecule has 3 heterocycles. The fraction of sp³-hybridized carbons (Fsp3) is 0.304. The SMILES string of the molecule is CS(=O)(=O)OCc1cccc(-n2nc(C(=O)N3CCOCC3)c3c2-c2ccccc2S(O)(O)C3)c1. The summed E-state index contributed by atoms with van der Waals surface area (Å²) < 4.78 is 56.7. The van der Waals surface area contributed by atoms with Gasteiger partial charge in [-0.05, 0) is 23.8 Å². The minimum Gasteiger partial charge on any atom is -0.378 e. The van der Waals surface area contributed by atoms with Crippen molar-refractivity contribution < 1.29 is 31.2 Å². The van der Waals surface area contributed by atoms with Crippen molar-refractivity contribution in [1.29, 1.82) is 0 Å². The van der Waals surface area contributed by atoms with Gasteiger partial charge in [0.15, 0.2) is 5.69 Å². The van der Waals surface area contributed by atoms with E-state index in [1.807, 2.05) is 0 Å². The third kappa shape index (κ3) is 4.73. The van der Waals surface area contributed by atoms with E-state index in [1.54, 1.807) is 58.1 Å². The van der Waals surface area contributed by atoms with E-state index in [0.717, 1.165) is 6.26 Å². The lowest BCUT2D eigenvalue weighted by atomic mass is 10.0. The maximum atomic E-state index is 13.5. The maximum Gasteiger partial charge on any atom is 0.274 e.